The van der Waals surface area contributed by atoms with Crippen molar-refractivity contribution in [1.29, 1.82) is 0 Å². The maximum absolute atomic E-state index is 12.0. The van der Waals surface area contributed by atoms with Gasteiger partial charge in [0.2, 0.25) is 5.91 Å². The minimum absolute atomic E-state index is 0. The Morgan fingerprint density at radius 1 is 1.35 bits per heavy atom. The zero-order valence-corrected chi connectivity index (χ0v) is 12.3. The van der Waals surface area contributed by atoms with Crippen LogP contribution in [0.1, 0.15) is 6.42 Å². The van der Waals surface area contributed by atoms with E-state index in [1.807, 2.05) is 29.6 Å². The van der Waals surface area contributed by atoms with E-state index in [4.69, 9.17) is 0 Å². The van der Waals surface area contributed by atoms with Crippen molar-refractivity contribution in [3.8, 4) is 11.3 Å². The largest absolute Gasteiger partial charge is 0.326 e. The first kappa shape index (κ1) is 14.9. The normalized spacial score (nSPS) is 17.5. The van der Waals surface area contributed by atoms with Crippen molar-refractivity contribution >= 4 is 35.5 Å². The highest BCUT2D eigenvalue weighted by Gasteiger charge is 2.22. The Kier molecular flexibility index (Phi) is 5.05. The third-order valence-electron chi connectivity index (χ3n) is 3.24. The van der Waals surface area contributed by atoms with Crippen LogP contribution in [0.2, 0.25) is 0 Å². The monoisotopic (exact) mass is 310 g/mol. The summed E-state index contributed by atoms with van der Waals surface area (Å²) in [5.74, 6) is 0.176. The lowest BCUT2D eigenvalue weighted by atomic mass is 10.1. The summed E-state index contributed by atoms with van der Waals surface area (Å²) < 4.78 is 3.84. The SMILES string of the molecule is Cl.O=C(Nc1ccc(-c2csnn2)cc1)C1CCNC1. The molecule has 20 heavy (non-hydrogen) atoms. The fraction of sp³-hybridized carbons (Fsp3) is 0.308. The maximum Gasteiger partial charge on any atom is 0.228 e. The molecule has 1 atom stereocenters. The molecule has 5 nitrogen and oxygen atoms in total. The Morgan fingerprint density at radius 2 is 2.15 bits per heavy atom. The molecule has 1 aliphatic heterocycles. The lowest BCUT2D eigenvalue weighted by Gasteiger charge is -2.10. The molecule has 2 N–H and O–H groups in total. The molecule has 0 bridgehead atoms. The van der Waals surface area contributed by atoms with Gasteiger partial charge in [0.25, 0.3) is 0 Å². The van der Waals surface area contributed by atoms with Gasteiger partial charge in [0, 0.05) is 23.2 Å². The number of amides is 1. The van der Waals surface area contributed by atoms with Crippen LogP contribution in [0.4, 0.5) is 5.69 Å². The Bertz CT molecular complexity index is 552. The molecule has 2 aromatic rings. The second kappa shape index (κ2) is 6.78. The molecule has 1 amide bonds. The van der Waals surface area contributed by atoms with E-state index in [9.17, 15) is 4.79 Å². The summed E-state index contributed by atoms with van der Waals surface area (Å²) in [7, 11) is 0. The molecular formula is C13H15ClN4OS. The van der Waals surface area contributed by atoms with Crippen LogP contribution >= 0.6 is 23.9 Å². The Labute approximate surface area is 127 Å². The minimum Gasteiger partial charge on any atom is -0.326 e. The second-order valence-corrected chi connectivity index (χ2v) is 5.16. The summed E-state index contributed by atoms with van der Waals surface area (Å²) in [4.78, 5) is 12.0. The van der Waals surface area contributed by atoms with Gasteiger partial charge in [0.05, 0.1) is 5.92 Å². The van der Waals surface area contributed by atoms with E-state index in [2.05, 4.69) is 20.2 Å². The number of nitrogens with zero attached hydrogens (tertiary/aromatic N) is 2. The summed E-state index contributed by atoms with van der Waals surface area (Å²) in [5.41, 5.74) is 2.70. The van der Waals surface area contributed by atoms with E-state index in [1.54, 1.807) is 0 Å². The fourth-order valence-electron chi connectivity index (χ4n) is 2.14. The van der Waals surface area contributed by atoms with Crippen LogP contribution in [0.15, 0.2) is 29.6 Å². The van der Waals surface area contributed by atoms with E-state index < -0.39 is 0 Å². The van der Waals surface area contributed by atoms with Crippen molar-refractivity contribution < 1.29 is 4.79 Å². The summed E-state index contributed by atoms with van der Waals surface area (Å²) in [6.07, 6.45) is 0.911. The Morgan fingerprint density at radius 3 is 2.75 bits per heavy atom. The first-order valence-electron chi connectivity index (χ1n) is 6.22. The van der Waals surface area contributed by atoms with Crippen molar-refractivity contribution in [2.24, 2.45) is 5.92 Å². The Balaban J connectivity index is 0.00000147. The number of nitrogens with one attached hydrogen (secondary N) is 2. The summed E-state index contributed by atoms with van der Waals surface area (Å²) in [6.45, 7) is 1.70. The molecule has 2 heterocycles. The summed E-state index contributed by atoms with van der Waals surface area (Å²) in [5, 5.41) is 12.0. The molecule has 106 valence electrons. The maximum atomic E-state index is 12.0. The smallest absolute Gasteiger partial charge is 0.228 e. The standard InChI is InChI=1S/C13H14N4OS.ClH/c18-13(10-5-6-14-7-10)15-11-3-1-9(2-4-11)12-8-19-17-16-12;/h1-4,8,10,14H,5-7H2,(H,15,18);1H. The lowest BCUT2D eigenvalue weighted by Crippen LogP contribution is -2.24. The van der Waals surface area contributed by atoms with Crippen molar-refractivity contribution in [2.45, 2.75) is 6.42 Å². The molecule has 1 aromatic heterocycles. The molecule has 1 aromatic carbocycles. The third kappa shape index (κ3) is 3.33. The predicted octanol–water partition coefficient (Wildman–Crippen LogP) is 2.17. The third-order valence-corrected chi connectivity index (χ3v) is 3.74. The highest BCUT2D eigenvalue weighted by atomic mass is 35.5. The average Bonchev–Trinajstić information content (AvgIpc) is 3.13. The first-order chi connectivity index (χ1) is 9.33. The van der Waals surface area contributed by atoms with Crippen LogP contribution in [0.3, 0.4) is 0 Å². The summed E-state index contributed by atoms with van der Waals surface area (Å²) >= 11 is 1.33. The number of aromatic nitrogens is 2. The zero-order valence-electron chi connectivity index (χ0n) is 10.7. The molecule has 1 unspecified atom stereocenters. The average molecular weight is 311 g/mol. The van der Waals surface area contributed by atoms with Crippen LogP contribution in [-0.2, 0) is 4.79 Å². The van der Waals surface area contributed by atoms with E-state index >= 15 is 0 Å². The minimum atomic E-state index is 0. The molecule has 1 saturated heterocycles. The second-order valence-electron chi connectivity index (χ2n) is 4.55. The quantitative estimate of drug-likeness (QED) is 0.912. The van der Waals surface area contributed by atoms with Crippen molar-refractivity contribution in [3.63, 3.8) is 0 Å². The van der Waals surface area contributed by atoms with Crippen molar-refractivity contribution in [2.75, 3.05) is 18.4 Å². The van der Waals surface area contributed by atoms with Crippen LogP contribution in [-0.4, -0.2) is 28.6 Å². The Hall–Kier alpha value is -1.50. The highest BCUT2D eigenvalue weighted by molar-refractivity contribution is 7.03. The van der Waals surface area contributed by atoms with E-state index in [0.717, 1.165) is 36.5 Å². The molecule has 0 saturated carbocycles. The van der Waals surface area contributed by atoms with Crippen LogP contribution < -0.4 is 10.6 Å². The molecular weight excluding hydrogens is 296 g/mol. The van der Waals surface area contributed by atoms with E-state index in [-0.39, 0.29) is 24.2 Å². The van der Waals surface area contributed by atoms with Crippen LogP contribution in [0, 0.1) is 5.92 Å². The lowest BCUT2D eigenvalue weighted by molar-refractivity contribution is -0.119. The molecule has 1 aliphatic rings. The number of hydrogen-bond donors (Lipinski definition) is 2. The fourth-order valence-corrected chi connectivity index (χ4v) is 2.60. The first-order valence-corrected chi connectivity index (χ1v) is 7.05. The zero-order chi connectivity index (χ0) is 13.1. The number of rotatable bonds is 3. The predicted molar refractivity (Wildman–Crippen MR) is 82.2 cm³/mol. The van der Waals surface area contributed by atoms with Gasteiger partial charge in [0.15, 0.2) is 0 Å². The van der Waals surface area contributed by atoms with Gasteiger partial charge in [-0.2, -0.15) is 0 Å². The topological polar surface area (TPSA) is 66.9 Å². The number of carbonyl (C=O) groups is 1. The van der Waals surface area contributed by atoms with Gasteiger partial charge in [-0.05, 0) is 36.6 Å². The van der Waals surface area contributed by atoms with Gasteiger partial charge >= 0.3 is 0 Å². The molecule has 1 fully saturated rings. The summed E-state index contributed by atoms with van der Waals surface area (Å²) in [6, 6.07) is 7.68. The van der Waals surface area contributed by atoms with Gasteiger partial charge < -0.3 is 10.6 Å². The van der Waals surface area contributed by atoms with Gasteiger partial charge in [0.1, 0.15) is 5.69 Å². The molecule has 3 rings (SSSR count). The molecule has 0 spiro atoms. The highest BCUT2D eigenvalue weighted by Crippen LogP contribution is 2.20. The van der Waals surface area contributed by atoms with Gasteiger partial charge in [-0.15, -0.1) is 17.5 Å². The number of anilines is 1. The van der Waals surface area contributed by atoms with E-state index in [0.29, 0.717) is 0 Å². The van der Waals surface area contributed by atoms with Crippen LogP contribution in [0.5, 0.6) is 0 Å². The van der Waals surface area contributed by atoms with Gasteiger partial charge in [-0.3, -0.25) is 4.79 Å². The van der Waals surface area contributed by atoms with Crippen molar-refractivity contribution in [3.05, 3.63) is 29.6 Å². The molecule has 0 aliphatic carbocycles. The van der Waals surface area contributed by atoms with E-state index in [1.165, 1.54) is 11.5 Å². The van der Waals surface area contributed by atoms with Gasteiger partial charge in [-0.1, -0.05) is 16.6 Å². The number of carbonyl (C=O) groups excluding carboxylic acids is 1. The van der Waals surface area contributed by atoms with Gasteiger partial charge in [-0.25, -0.2) is 0 Å². The molecule has 0 radical (unpaired) electrons. The van der Waals surface area contributed by atoms with Crippen molar-refractivity contribution in [1.82, 2.24) is 14.9 Å². The molecule has 7 heteroatoms. The number of halogens is 1. The number of hydrogen-bond acceptors (Lipinski definition) is 5. The number of benzene rings is 1. The van der Waals surface area contributed by atoms with Crippen LogP contribution in [0.25, 0.3) is 11.3 Å².